The number of halogens is 1. The van der Waals surface area contributed by atoms with Crippen LogP contribution in [0.15, 0.2) is 18.2 Å². The Balaban J connectivity index is 2.76. The molecule has 0 fully saturated rings. The standard InChI is InChI=1S/C11H17ClN2S/c1-14(5-6-15-2)11-4-3-9(8-13)7-10(11)12/h3-4,7H,5-6,8,13H2,1-2H3. The van der Waals surface area contributed by atoms with Crippen LogP contribution in [0.5, 0.6) is 0 Å². The van der Waals surface area contributed by atoms with E-state index in [0.29, 0.717) is 6.54 Å². The molecule has 1 rings (SSSR count). The molecular formula is C11H17ClN2S. The van der Waals surface area contributed by atoms with Crippen molar-refractivity contribution in [3.8, 4) is 0 Å². The van der Waals surface area contributed by atoms with Crippen molar-refractivity contribution >= 4 is 29.1 Å². The van der Waals surface area contributed by atoms with E-state index >= 15 is 0 Å². The molecule has 0 spiro atoms. The molecule has 2 N–H and O–H groups in total. The highest BCUT2D eigenvalue weighted by Crippen LogP contribution is 2.25. The second-order valence-electron chi connectivity index (χ2n) is 3.40. The minimum atomic E-state index is 0.536. The van der Waals surface area contributed by atoms with Gasteiger partial charge in [-0.1, -0.05) is 17.7 Å². The van der Waals surface area contributed by atoms with Crippen LogP contribution in [0.25, 0.3) is 0 Å². The van der Waals surface area contributed by atoms with E-state index in [1.165, 1.54) is 0 Å². The van der Waals surface area contributed by atoms with Gasteiger partial charge < -0.3 is 10.6 Å². The van der Waals surface area contributed by atoms with Crippen LogP contribution in [0, 0.1) is 0 Å². The van der Waals surface area contributed by atoms with Gasteiger partial charge in [0.15, 0.2) is 0 Å². The zero-order chi connectivity index (χ0) is 11.3. The van der Waals surface area contributed by atoms with Gasteiger partial charge in [0, 0.05) is 25.9 Å². The lowest BCUT2D eigenvalue weighted by atomic mass is 10.2. The zero-order valence-electron chi connectivity index (χ0n) is 9.16. The third kappa shape index (κ3) is 3.59. The van der Waals surface area contributed by atoms with Gasteiger partial charge in [0.2, 0.25) is 0 Å². The summed E-state index contributed by atoms with van der Waals surface area (Å²) in [4.78, 5) is 2.17. The molecule has 15 heavy (non-hydrogen) atoms. The van der Waals surface area contributed by atoms with Crippen molar-refractivity contribution in [2.45, 2.75) is 6.54 Å². The van der Waals surface area contributed by atoms with Gasteiger partial charge in [-0.3, -0.25) is 0 Å². The van der Waals surface area contributed by atoms with Crippen LogP contribution in [-0.4, -0.2) is 25.6 Å². The summed E-state index contributed by atoms with van der Waals surface area (Å²) in [6.07, 6.45) is 2.10. The van der Waals surface area contributed by atoms with Crippen molar-refractivity contribution in [1.29, 1.82) is 0 Å². The van der Waals surface area contributed by atoms with E-state index in [1.54, 1.807) is 0 Å². The Morgan fingerprint density at radius 1 is 1.47 bits per heavy atom. The molecule has 0 atom stereocenters. The summed E-state index contributed by atoms with van der Waals surface area (Å²) in [6, 6.07) is 5.99. The van der Waals surface area contributed by atoms with Crippen molar-refractivity contribution in [1.82, 2.24) is 0 Å². The molecule has 0 heterocycles. The first-order valence-corrected chi connectivity index (χ1v) is 6.64. The Bertz CT molecular complexity index is 317. The molecule has 0 unspecified atom stereocenters. The summed E-state index contributed by atoms with van der Waals surface area (Å²) in [5, 5.41) is 0.779. The molecule has 0 aliphatic carbocycles. The highest BCUT2D eigenvalue weighted by Gasteiger charge is 2.05. The molecular weight excluding hydrogens is 228 g/mol. The average Bonchev–Trinajstić information content (AvgIpc) is 2.25. The normalized spacial score (nSPS) is 10.4. The fourth-order valence-electron chi connectivity index (χ4n) is 1.34. The molecule has 0 saturated carbocycles. The van der Waals surface area contributed by atoms with E-state index in [-0.39, 0.29) is 0 Å². The fourth-order valence-corrected chi connectivity index (χ4v) is 2.14. The van der Waals surface area contributed by atoms with Gasteiger partial charge in [-0.25, -0.2) is 0 Å². The van der Waals surface area contributed by atoms with Crippen molar-refractivity contribution < 1.29 is 0 Å². The molecule has 84 valence electrons. The summed E-state index contributed by atoms with van der Waals surface area (Å²) in [6.45, 7) is 1.54. The van der Waals surface area contributed by atoms with E-state index in [2.05, 4.69) is 18.2 Å². The van der Waals surface area contributed by atoms with Gasteiger partial charge in [0.1, 0.15) is 0 Å². The Morgan fingerprint density at radius 3 is 2.73 bits per heavy atom. The molecule has 0 aliphatic heterocycles. The first-order chi connectivity index (χ1) is 7.19. The Kier molecular flexibility index (Phi) is 5.29. The molecule has 0 amide bonds. The Hall–Kier alpha value is -0.380. The predicted molar refractivity (Wildman–Crippen MR) is 71.0 cm³/mol. The number of benzene rings is 1. The van der Waals surface area contributed by atoms with Gasteiger partial charge in [-0.2, -0.15) is 11.8 Å². The SMILES string of the molecule is CSCCN(C)c1ccc(CN)cc1Cl. The van der Waals surface area contributed by atoms with Crippen LogP contribution in [-0.2, 0) is 6.54 Å². The minimum absolute atomic E-state index is 0.536. The second kappa shape index (κ2) is 6.26. The van der Waals surface area contributed by atoms with Crippen molar-refractivity contribution in [3.63, 3.8) is 0 Å². The number of rotatable bonds is 5. The van der Waals surface area contributed by atoms with E-state index in [0.717, 1.165) is 28.6 Å². The van der Waals surface area contributed by atoms with Crippen LogP contribution in [0.1, 0.15) is 5.56 Å². The summed E-state index contributed by atoms with van der Waals surface area (Å²) < 4.78 is 0. The lowest BCUT2D eigenvalue weighted by molar-refractivity contribution is 0.974. The van der Waals surface area contributed by atoms with E-state index in [9.17, 15) is 0 Å². The van der Waals surface area contributed by atoms with Crippen molar-refractivity contribution in [3.05, 3.63) is 28.8 Å². The van der Waals surface area contributed by atoms with Gasteiger partial charge >= 0.3 is 0 Å². The van der Waals surface area contributed by atoms with Crippen molar-refractivity contribution in [2.75, 3.05) is 30.5 Å². The minimum Gasteiger partial charge on any atom is -0.373 e. The third-order valence-corrected chi connectivity index (χ3v) is 3.18. The molecule has 0 aromatic heterocycles. The first-order valence-electron chi connectivity index (χ1n) is 4.87. The predicted octanol–water partition coefficient (Wildman–Crippen LogP) is 2.60. The fraction of sp³-hybridized carbons (Fsp3) is 0.455. The van der Waals surface area contributed by atoms with Crippen LogP contribution in [0.4, 0.5) is 5.69 Å². The van der Waals surface area contributed by atoms with Crippen LogP contribution in [0.3, 0.4) is 0 Å². The van der Waals surface area contributed by atoms with Crippen LogP contribution >= 0.6 is 23.4 Å². The lowest BCUT2D eigenvalue weighted by Crippen LogP contribution is -2.20. The first kappa shape index (κ1) is 12.7. The molecule has 0 radical (unpaired) electrons. The third-order valence-electron chi connectivity index (χ3n) is 2.29. The summed E-state index contributed by atoms with van der Waals surface area (Å²) >= 11 is 8.01. The van der Waals surface area contributed by atoms with E-state index in [1.807, 2.05) is 30.0 Å². The second-order valence-corrected chi connectivity index (χ2v) is 4.80. The van der Waals surface area contributed by atoms with Gasteiger partial charge in [-0.15, -0.1) is 0 Å². The van der Waals surface area contributed by atoms with Gasteiger partial charge in [0.25, 0.3) is 0 Å². The van der Waals surface area contributed by atoms with Gasteiger partial charge in [0.05, 0.1) is 10.7 Å². The number of nitrogens with zero attached hydrogens (tertiary/aromatic N) is 1. The number of nitrogens with two attached hydrogens (primary N) is 1. The molecule has 4 heteroatoms. The maximum absolute atomic E-state index is 6.18. The summed E-state index contributed by atoms with van der Waals surface area (Å²) in [5.41, 5.74) is 7.69. The highest BCUT2D eigenvalue weighted by molar-refractivity contribution is 7.98. The lowest BCUT2D eigenvalue weighted by Gasteiger charge is -2.20. The smallest absolute Gasteiger partial charge is 0.0642 e. The van der Waals surface area contributed by atoms with E-state index in [4.69, 9.17) is 17.3 Å². The molecule has 2 nitrogen and oxygen atoms in total. The quantitative estimate of drug-likeness (QED) is 0.864. The highest BCUT2D eigenvalue weighted by atomic mass is 35.5. The number of hydrogen-bond donors (Lipinski definition) is 1. The molecule has 0 saturated heterocycles. The van der Waals surface area contributed by atoms with Crippen LogP contribution < -0.4 is 10.6 Å². The average molecular weight is 245 g/mol. The van der Waals surface area contributed by atoms with Crippen molar-refractivity contribution in [2.24, 2.45) is 5.73 Å². The molecule has 1 aromatic rings. The Morgan fingerprint density at radius 2 is 2.20 bits per heavy atom. The summed E-state index contributed by atoms with van der Waals surface area (Å²) in [5.74, 6) is 1.10. The largest absolute Gasteiger partial charge is 0.373 e. The van der Waals surface area contributed by atoms with E-state index < -0.39 is 0 Å². The monoisotopic (exact) mass is 244 g/mol. The molecule has 1 aromatic carbocycles. The maximum Gasteiger partial charge on any atom is 0.0642 e. The Labute approximate surface area is 101 Å². The zero-order valence-corrected chi connectivity index (χ0v) is 10.7. The molecule has 0 bridgehead atoms. The number of hydrogen-bond acceptors (Lipinski definition) is 3. The topological polar surface area (TPSA) is 29.3 Å². The van der Waals surface area contributed by atoms with Crippen LogP contribution in [0.2, 0.25) is 5.02 Å². The number of thioether (sulfide) groups is 1. The number of anilines is 1. The maximum atomic E-state index is 6.18. The molecule has 0 aliphatic rings. The van der Waals surface area contributed by atoms with Gasteiger partial charge in [-0.05, 0) is 24.0 Å². The summed E-state index contributed by atoms with van der Waals surface area (Å²) in [7, 11) is 2.06.